The highest BCUT2D eigenvalue weighted by Gasteiger charge is 2.36. The Balaban J connectivity index is 1.80. The molecule has 27 heavy (non-hydrogen) atoms. The molecule has 1 fully saturated rings. The predicted octanol–water partition coefficient (Wildman–Crippen LogP) is 3.42. The lowest BCUT2D eigenvalue weighted by Crippen LogP contribution is -2.45. The Morgan fingerprint density at radius 2 is 2.00 bits per heavy atom. The summed E-state index contributed by atoms with van der Waals surface area (Å²) in [6.07, 6.45) is -0.110. The van der Waals surface area contributed by atoms with Gasteiger partial charge in [0.15, 0.2) is 0 Å². The topological polar surface area (TPSA) is 50.8 Å². The molecule has 0 radical (unpaired) electrons. The molecule has 2 aliphatic rings. The molecule has 2 bridgehead atoms. The molecule has 142 valence electrons. The normalized spacial score (nSPS) is 22.3. The number of hydrogen-bond acceptors (Lipinski definition) is 3. The summed E-state index contributed by atoms with van der Waals surface area (Å²) >= 11 is 0. The fourth-order valence-corrected chi connectivity index (χ4v) is 3.99. The molecule has 2 aromatic rings. The molecule has 0 aliphatic carbocycles. The molecule has 0 saturated carbocycles. The van der Waals surface area contributed by atoms with Gasteiger partial charge in [-0.25, -0.2) is 9.18 Å². The molecule has 2 aliphatic heterocycles. The summed E-state index contributed by atoms with van der Waals surface area (Å²) in [5.41, 5.74) is 2.83. The van der Waals surface area contributed by atoms with E-state index < -0.39 is 6.17 Å². The number of nitrogens with zero attached hydrogens (tertiary/aromatic N) is 1. The number of nitrogens with one attached hydrogen (secondary N) is 1. The molecule has 1 saturated heterocycles. The van der Waals surface area contributed by atoms with Crippen molar-refractivity contribution >= 4 is 6.03 Å². The first-order valence-electron chi connectivity index (χ1n) is 9.24. The van der Waals surface area contributed by atoms with Crippen molar-refractivity contribution in [1.29, 1.82) is 0 Å². The molecular weight excluding hydrogens is 347 g/mol. The second-order valence-corrected chi connectivity index (χ2v) is 6.92. The number of alkyl halides is 1. The lowest BCUT2D eigenvalue weighted by atomic mass is 9.96. The van der Waals surface area contributed by atoms with Crippen LogP contribution in [0, 0.1) is 0 Å². The average molecular weight is 370 g/mol. The van der Waals surface area contributed by atoms with E-state index in [9.17, 15) is 9.18 Å². The van der Waals surface area contributed by atoms with E-state index in [-0.39, 0.29) is 18.6 Å². The van der Waals surface area contributed by atoms with Crippen molar-refractivity contribution in [1.82, 2.24) is 10.2 Å². The number of para-hydroxylation sites is 2. The fourth-order valence-electron chi connectivity index (χ4n) is 3.99. The van der Waals surface area contributed by atoms with E-state index in [1.54, 1.807) is 12.0 Å². The van der Waals surface area contributed by atoms with Crippen LogP contribution in [0.25, 0.3) is 11.1 Å². The largest absolute Gasteiger partial charge is 0.496 e. The van der Waals surface area contributed by atoms with E-state index in [1.807, 2.05) is 42.5 Å². The van der Waals surface area contributed by atoms with Gasteiger partial charge in [-0.15, -0.1) is 0 Å². The van der Waals surface area contributed by atoms with Gasteiger partial charge < -0.3 is 19.7 Å². The van der Waals surface area contributed by atoms with Crippen molar-refractivity contribution in [3.8, 4) is 22.6 Å². The van der Waals surface area contributed by atoms with Crippen molar-refractivity contribution in [3.05, 3.63) is 48.0 Å². The average Bonchev–Trinajstić information content (AvgIpc) is 3.05. The van der Waals surface area contributed by atoms with Gasteiger partial charge in [0.25, 0.3) is 0 Å². The van der Waals surface area contributed by atoms with Crippen LogP contribution in [0.15, 0.2) is 42.5 Å². The van der Waals surface area contributed by atoms with E-state index in [0.29, 0.717) is 26.0 Å². The minimum Gasteiger partial charge on any atom is -0.496 e. The first kappa shape index (κ1) is 17.6. The summed E-state index contributed by atoms with van der Waals surface area (Å²) in [7, 11) is 1.64. The summed E-state index contributed by atoms with van der Waals surface area (Å²) < 4.78 is 25.7. The van der Waals surface area contributed by atoms with E-state index in [1.165, 1.54) is 0 Å². The van der Waals surface area contributed by atoms with E-state index in [2.05, 4.69) is 5.32 Å². The second-order valence-electron chi connectivity index (χ2n) is 6.92. The lowest BCUT2D eigenvalue weighted by Gasteiger charge is -2.25. The van der Waals surface area contributed by atoms with Gasteiger partial charge in [0.1, 0.15) is 24.3 Å². The van der Waals surface area contributed by atoms with Gasteiger partial charge in [0.05, 0.1) is 20.2 Å². The number of fused-ring (bicyclic) bond motifs is 5. The molecule has 2 amide bonds. The number of methoxy groups -OCH3 is 1. The summed E-state index contributed by atoms with van der Waals surface area (Å²) in [4.78, 5) is 14.1. The van der Waals surface area contributed by atoms with Crippen molar-refractivity contribution in [2.45, 2.75) is 25.1 Å². The molecule has 4 rings (SSSR count). The van der Waals surface area contributed by atoms with Crippen molar-refractivity contribution in [2.75, 3.05) is 26.8 Å². The van der Waals surface area contributed by atoms with Crippen LogP contribution >= 0.6 is 0 Å². The maximum atomic E-state index is 14.1. The number of amides is 2. The molecule has 0 spiro atoms. The van der Waals surface area contributed by atoms with Gasteiger partial charge in [0, 0.05) is 23.6 Å². The summed E-state index contributed by atoms with van der Waals surface area (Å²) in [5, 5.41) is 2.84. The number of halogens is 1. The summed E-state index contributed by atoms with van der Waals surface area (Å²) in [5.74, 6) is 1.49. The Hall–Kier alpha value is -2.76. The number of carbonyl (C=O) groups excluding carboxylic acids is 1. The monoisotopic (exact) mass is 370 g/mol. The first-order chi connectivity index (χ1) is 13.2. The van der Waals surface area contributed by atoms with Gasteiger partial charge in [-0.2, -0.15) is 0 Å². The number of carbonyl (C=O) groups is 1. The quantitative estimate of drug-likeness (QED) is 0.837. The predicted molar refractivity (Wildman–Crippen MR) is 101 cm³/mol. The Morgan fingerprint density at radius 1 is 1.19 bits per heavy atom. The fraction of sp³-hybridized carbons (Fsp3) is 0.381. The Morgan fingerprint density at radius 3 is 2.85 bits per heavy atom. The number of urea groups is 1. The number of ether oxygens (including phenoxy) is 2. The van der Waals surface area contributed by atoms with Crippen LogP contribution in [0.3, 0.4) is 0 Å². The zero-order valence-electron chi connectivity index (χ0n) is 15.3. The maximum absolute atomic E-state index is 14.1. The Bertz CT molecular complexity index is 842. The van der Waals surface area contributed by atoms with Crippen molar-refractivity contribution < 1.29 is 18.7 Å². The third-order valence-electron chi connectivity index (χ3n) is 5.19. The van der Waals surface area contributed by atoms with Crippen LogP contribution < -0.4 is 14.8 Å². The van der Waals surface area contributed by atoms with Gasteiger partial charge in [-0.05, 0) is 18.1 Å². The van der Waals surface area contributed by atoms with Gasteiger partial charge >= 0.3 is 6.03 Å². The smallest absolute Gasteiger partial charge is 0.317 e. The van der Waals surface area contributed by atoms with Gasteiger partial charge in [-0.1, -0.05) is 36.4 Å². The van der Waals surface area contributed by atoms with Crippen LogP contribution in [0.4, 0.5) is 9.18 Å². The Labute approximate surface area is 158 Å². The van der Waals surface area contributed by atoms with Crippen LogP contribution in [0.5, 0.6) is 11.5 Å². The van der Waals surface area contributed by atoms with E-state index >= 15 is 0 Å². The molecule has 1 N–H and O–H groups in total. The first-order valence-corrected chi connectivity index (χ1v) is 9.24. The molecule has 5 nitrogen and oxygen atoms in total. The van der Waals surface area contributed by atoms with Crippen molar-refractivity contribution in [2.24, 2.45) is 0 Å². The highest BCUT2D eigenvalue weighted by atomic mass is 19.1. The minimum absolute atomic E-state index is 0.125. The number of rotatable bonds is 1. The molecule has 2 aromatic carbocycles. The SMILES string of the molecule is COc1c2cccc1-c1ccccc1OCCNC(=O)N1C[C@H](F)C[C@@H]1C2. The number of benzene rings is 2. The zero-order valence-corrected chi connectivity index (χ0v) is 15.3. The van der Waals surface area contributed by atoms with Crippen molar-refractivity contribution in [3.63, 3.8) is 0 Å². The third-order valence-corrected chi connectivity index (χ3v) is 5.19. The molecular formula is C21H23FN2O3. The molecule has 0 aromatic heterocycles. The van der Waals surface area contributed by atoms with Crippen LogP contribution in [0.2, 0.25) is 0 Å². The Kier molecular flexibility index (Phi) is 4.88. The van der Waals surface area contributed by atoms with Gasteiger partial charge in [0.2, 0.25) is 0 Å². The second kappa shape index (κ2) is 7.47. The molecule has 2 heterocycles. The van der Waals surface area contributed by atoms with Crippen LogP contribution in [-0.2, 0) is 6.42 Å². The van der Waals surface area contributed by atoms with E-state index in [0.717, 1.165) is 28.2 Å². The lowest BCUT2D eigenvalue weighted by molar-refractivity contribution is 0.187. The third kappa shape index (κ3) is 3.44. The molecule has 6 heteroatoms. The highest BCUT2D eigenvalue weighted by Crippen LogP contribution is 2.39. The van der Waals surface area contributed by atoms with E-state index in [4.69, 9.17) is 9.47 Å². The van der Waals surface area contributed by atoms with Crippen LogP contribution in [0.1, 0.15) is 12.0 Å². The summed E-state index contributed by atoms with van der Waals surface area (Å²) in [6.45, 7) is 0.823. The standard InChI is InChI=1S/C21H23FN2O3/c1-26-20-14-5-4-7-18(20)17-6-2-3-8-19(17)27-10-9-23-21(25)24-13-15(22)12-16(24)11-14/h2-8,15-16H,9-13H2,1H3,(H,23,25)/t15-,16+/m1/s1. The van der Waals surface area contributed by atoms with Gasteiger partial charge in [-0.3, -0.25) is 0 Å². The summed E-state index contributed by atoms with van der Waals surface area (Å²) in [6, 6.07) is 13.3. The minimum atomic E-state index is -1.00. The molecule has 2 atom stereocenters. The van der Waals surface area contributed by atoms with Crippen LogP contribution in [-0.4, -0.2) is 50.0 Å². The molecule has 0 unspecified atom stereocenters. The highest BCUT2D eigenvalue weighted by molar-refractivity contribution is 5.78. The maximum Gasteiger partial charge on any atom is 0.317 e. The zero-order chi connectivity index (χ0) is 18.8. The number of hydrogen-bond donors (Lipinski definition) is 1.